The van der Waals surface area contributed by atoms with Gasteiger partial charge in [-0.1, -0.05) is 11.6 Å². The molecule has 2 N–H and O–H groups in total. The zero-order chi connectivity index (χ0) is 12.1. The van der Waals surface area contributed by atoms with Gasteiger partial charge in [-0.25, -0.2) is 0 Å². The number of amides is 1. The van der Waals surface area contributed by atoms with Crippen molar-refractivity contribution in [2.45, 2.75) is 6.42 Å². The Morgan fingerprint density at radius 3 is 2.88 bits per heavy atom. The van der Waals surface area contributed by atoms with E-state index in [0.29, 0.717) is 29.2 Å². The molecule has 5 heteroatoms. The van der Waals surface area contributed by atoms with Crippen LogP contribution in [0.25, 0.3) is 0 Å². The SMILES string of the molecule is CN(CCC#N)C(=O)c1ccc(N)cc1Cl. The summed E-state index contributed by atoms with van der Waals surface area (Å²) in [6.45, 7) is 0.385. The second-order valence-corrected chi connectivity index (χ2v) is 3.78. The standard InChI is InChI=1S/C11H12ClN3O/c1-15(6-2-5-13)11(16)9-4-3-8(14)7-10(9)12/h3-4,7H,2,6,14H2,1H3. The maximum Gasteiger partial charge on any atom is 0.255 e. The number of halogens is 1. The zero-order valence-corrected chi connectivity index (χ0v) is 9.66. The third kappa shape index (κ3) is 2.88. The quantitative estimate of drug-likeness (QED) is 0.817. The van der Waals surface area contributed by atoms with Crippen molar-refractivity contribution in [3.8, 4) is 6.07 Å². The van der Waals surface area contributed by atoms with Gasteiger partial charge in [0.15, 0.2) is 0 Å². The lowest BCUT2D eigenvalue weighted by molar-refractivity contribution is 0.0798. The summed E-state index contributed by atoms with van der Waals surface area (Å²) >= 11 is 5.91. The lowest BCUT2D eigenvalue weighted by Gasteiger charge is -2.16. The van der Waals surface area contributed by atoms with E-state index in [1.165, 1.54) is 11.0 Å². The summed E-state index contributed by atoms with van der Waals surface area (Å²) in [5, 5.41) is 8.76. The number of nitrogens with two attached hydrogens (primary N) is 1. The molecular weight excluding hydrogens is 226 g/mol. The lowest BCUT2D eigenvalue weighted by Crippen LogP contribution is -2.27. The van der Waals surface area contributed by atoms with Crippen molar-refractivity contribution in [1.29, 1.82) is 5.26 Å². The molecule has 0 aromatic heterocycles. The largest absolute Gasteiger partial charge is 0.399 e. The fourth-order valence-electron chi connectivity index (χ4n) is 1.23. The van der Waals surface area contributed by atoms with Crippen LogP contribution in [-0.4, -0.2) is 24.4 Å². The number of anilines is 1. The summed E-state index contributed by atoms with van der Waals surface area (Å²) in [5.41, 5.74) is 6.45. The minimum Gasteiger partial charge on any atom is -0.399 e. The van der Waals surface area contributed by atoms with Crippen LogP contribution in [0, 0.1) is 11.3 Å². The van der Waals surface area contributed by atoms with E-state index < -0.39 is 0 Å². The van der Waals surface area contributed by atoms with Crippen LogP contribution in [0.2, 0.25) is 5.02 Å². The Kier molecular flexibility index (Phi) is 4.15. The smallest absolute Gasteiger partial charge is 0.255 e. The molecule has 0 heterocycles. The fourth-order valence-corrected chi connectivity index (χ4v) is 1.50. The van der Waals surface area contributed by atoms with E-state index in [9.17, 15) is 4.79 Å². The van der Waals surface area contributed by atoms with Crippen molar-refractivity contribution in [2.75, 3.05) is 19.3 Å². The van der Waals surface area contributed by atoms with Crippen LogP contribution < -0.4 is 5.73 Å². The molecule has 0 fully saturated rings. The average molecular weight is 238 g/mol. The minimum absolute atomic E-state index is 0.208. The van der Waals surface area contributed by atoms with Gasteiger partial charge in [-0.15, -0.1) is 0 Å². The van der Waals surface area contributed by atoms with Crippen molar-refractivity contribution >= 4 is 23.2 Å². The molecule has 0 bridgehead atoms. The highest BCUT2D eigenvalue weighted by molar-refractivity contribution is 6.34. The molecule has 1 aromatic rings. The van der Waals surface area contributed by atoms with Crippen molar-refractivity contribution in [3.63, 3.8) is 0 Å². The molecule has 0 unspecified atom stereocenters. The summed E-state index contributed by atoms with van der Waals surface area (Å²) in [7, 11) is 1.63. The van der Waals surface area contributed by atoms with Gasteiger partial charge in [0.1, 0.15) is 0 Å². The van der Waals surface area contributed by atoms with E-state index in [0.717, 1.165) is 0 Å². The normalized spacial score (nSPS) is 9.56. The number of carbonyl (C=O) groups excluding carboxylic acids is 1. The van der Waals surface area contributed by atoms with Gasteiger partial charge in [0.05, 0.1) is 23.1 Å². The first-order valence-corrected chi connectivity index (χ1v) is 5.11. The molecule has 0 spiro atoms. The Morgan fingerprint density at radius 1 is 1.62 bits per heavy atom. The molecule has 1 amide bonds. The first-order valence-electron chi connectivity index (χ1n) is 4.73. The van der Waals surface area contributed by atoms with Crippen molar-refractivity contribution < 1.29 is 4.79 Å². The fraction of sp³-hybridized carbons (Fsp3) is 0.273. The molecule has 0 aliphatic heterocycles. The van der Waals surface area contributed by atoms with E-state index in [1.54, 1.807) is 19.2 Å². The molecule has 1 rings (SSSR count). The van der Waals surface area contributed by atoms with Gasteiger partial charge in [0, 0.05) is 19.3 Å². The van der Waals surface area contributed by atoms with Gasteiger partial charge in [0.25, 0.3) is 5.91 Å². The predicted molar refractivity (Wildman–Crippen MR) is 63.1 cm³/mol. The topological polar surface area (TPSA) is 70.1 Å². The Morgan fingerprint density at radius 2 is 2.31 bits per heavy atom. The lowest BCUT2D eigenvalue weighted by atomic mass is 10.2. The third-order valence-corrected chi connectivity index (χ3v) is 2.44. The molecule has 0 radical (unpaired) electrons. The van der Waals surface area contributed by atoms with E-state index in [2.05, 4.69) is 0 Å². The molecule has 84 valence electrons. The summed E-state index contributed by atoms with van der Waals surface area (Å²) in [6, 6.07) is 6.72. The predicted octanol–water partition coefficient (Wildman–Crippen LogP) is 1.91. The van der Waals surface area contributed by atoms with Gasteiger partial charge in [-0.3, -0.25) is 4.79 Å². The van der Waals surface area contributed by atoms with E-state index in [-0.39, 0.29) is 5.91 Å². The number of nitrogens with zero attached hydrogens (tertiary/aromatic N) is 2. The van der Waals surface area contributed by atoms with Crippen LogP contribution in [0.5, 0.6) is 0 Å². The van der Waals surface area contributed by atoms with E-state index in [4.69, 9.17) is 22.6 Å². The molecule has 16 heavy (non-hydrogen) atoms. The molecular formula is C11H12ClN3O. The first kappa shape index (κ1) is 12.3. The van der Waals surface area contributed by atoms with Gasteiger partial charge in [-0.05, 0) is 18.2 Å². The summed E-state index contributed by atoms with van der Waals surface area (Å²) in [5.74, 6) is -0.208. The van der Waals surface area contributed by atoms with Crippen LogP contribution in [0.1, 0.15) is 16.8 Å². The molecule has 0 aliphatic carbocycles. The Hall–Kier alpha value is -1.73. The van der Waals surface area contributed by atoms with Crippen LogP contribution in [0.15, 0.2) is 18.2 Å². The van der Waals surface area contributed by atoms with Gasteiger partial charge in [0.2, 0.25) is 0 Å². The molecule has 4 nitrogen and oxygen atoms in total. The molecule has 0 saturated heterocycles. The Labute approximate surface area is 99.2 Å². The van der Waals surface area contributed by atoms with Crippen LogP contribution in [-0.2, 0) is 0 Å². The van der Waals surface area contributed by atoms with E-state index >= 15 is 0 Å². The summed E-state index contributed by atoms with van der Waals surface area (Å²) < 4.78 is 0. The van der Waals surface area contributed by atoms with E-state index in [1.807, 2.05) is 6.07 Å². The van der Waals surface area contributed by atoms with Gasteiger partial charge < -0.3 is 10.6 Å². The minimum atomic E-state index is -0.208. The highest BCUT2D eigenvalue weighted by Gasteiger charge is 2.14. The van der Waals surface area contributed by atoms with Gasteiger partial charge >= 0.3 is 0 Å². The summed E-state index contributed by atoms with van der Waals surface area (Å²) in [4.78, 5) is 13.3. The molecule has 0 aliphatic rings. The molecule has 0 saturated carbocycles. The van der Waals surface area contributed by atoms with Crippen molar-refractivity contribution in [3.05, 3.63) is 28.8 Å². The molecule has 0 atom stereocenters. The number of benzene rings is 1. The zero-order valence-electron chi connectivity index (χ0n) is 8.90. The molecule has 1 aromatic carbocycles. The number of rotatable bonds is 3. The average Bonchev–Trinajstić information content (AvgIpc) is 2.25. The second-order valence-electron chi connectivity index (χ2n) is 3.37. The maximum absolute atomic E-state index is 11.9. The number of hydrogen-bond acceptors (Lipinski definition) is 3. The van der Waals surface area contributed by atoms with Crippen LogP contribution >= 0.6 is 11.6 Å². The van der Waals surface area contributed by atoms with Crippen LogP contribution in [0.4, 0.5) is 5.69 Å². The number of hydrogen-bond donors (Lipinski definition) is 1. The highest BCUT2D eigenvalue weighted by Crippen LogP contribution is 2.20. The second kappa shape index (κ2) is 5.38. The number of carbonyl (C=O) groups is 1. The first-order chi connectivity index (χ1) is 7.56. The van der Waals surface area contributed by atoms with Gasteiger partial charge in [-0.2, -0.15) is 5.26 Å². The Balaban J connectivity index is 2.84. The Bertz CT molecular complexity index is 439. The third-order valence-electron chi connectivity index (χ3n) is 2.13. The summed E-state index contributed by atoms with van der Waals surface area (Å²) in [6.07, 6.45) is 0.300. The highest BCUT2D eigenvalue weighted by atomic mass is 35.5. The van der Waals surface area contributed by atoms with Crippen LogP contribution in [0.3, 0.4) is 0 Å². The monoisotopic (exact) mass is 237 g/mol. The number of nitrogen functional groups attached to an aromatic ring is 1. The number of nitriles is 1. The van der Waals surface area contributed by atoms with Crippen molar-refractivity contribution in [2.24, 2.45) is 0 Å². The van der Waals surface area contributed by atoms with Crippen molar-refractivity contribution in [1.82, 2.24) is 4.90 Å². The maximum atomic E-state index is 11.9.